The van der Waals surface area contributed by atoms with E-state index in [4.69, 9.17) is 5.73 Å². The van der Waals surface area contributed by atoms with Crippen LogP contribution >= 0.6 is 0 Å². The Morgan fingerprint density at radius 3 is 2.57 bits per heavy atom. The second-order valence-corrected chi connectivity index (χ2v) is 6.04. The van der Waals surface area contributed by atoms with Crippen LogP contribution in [0.15, 0.2) is 0 Å². The fourth-order valence-electron chi connectivity index (χ4n) is 3.90. The van der Waals surface area contributed by atoms with Crippen LogP contribution < -0.4 is 5.73 Å². The quantitative estimate of drug-likeness (QED) is 0.731. The lowest BCUT2D eigenvalue weighted by atomic mass is 9.78. The molecule has 2 aliphatic rings. The van der Waals surface area contributed by atoms with Crippen molar-refractivity contribution in [2.75, 3.05) is 0 Å². The van der Waals surface area contributed by atoms with Gasteiger partial charge in [0.05, 0.1) is 0 Å². The van der Waals surface area contributed by atoms with Crippen LogP contribution in [0.25, 0.3) is 0 Å². The van der Waals surface area contributed by atoms with Crippen LogP contribution in [0.3, 0.4) is 0 Å². The minimum absolute atomic E-state index is 0.115. The van der Waals surface area contributed by atoms with Crippen molar-refractivity contribution >= 4 is 0 Å². The molecular formula is C13H25N. The molecule has 0 saturated heterocycles. The third kappa shape index (κ3) is 2.13. The Morgan fingerprint density at radius 1 is 1.29 bits per heavy atom. The summed E-state index contributed by atoms with van der Waals surface area (Å²) in [5.74, 6) is 3.08. The van der Waals surface area contributed by atoms with Crippen molar-refractivity contribution in [2.45, 2.75) is 64.3 Å². The van der Waals surface area contributed by atoms with Gasteiger partial charge in [0, 0.05) is 5.54 Å². The van der Waals surface area contributed by atoms with E-state index in [-0.39, 0.29) is 5.54 Å². The Morgan fingerprint density at radius 2 is 2.07 bits per heavy atom. The predicted octanol–water partition coefficient (Wildman–Crippen LogP) is 3.33. The molecule has 2 fully saturated rings. The van der Waals surface area contributed by atoms with Gasteiger partial charge in [0.1, 0.15) is 0 Å². The maximum absolute atomic E-state index is 6.34. The number of fused-ring (bicyclic) bond motifs is 2. The van der Waals surface area contributed by atoms with Gasteiger partial charge in [-0.15, -0.1) is 0 Å². The summed E-state index contributed by atoms with van der Waals surface area (Å²) in [7, 11) is 0. The van der Waals surface area contributed by atoms with Crippen LogP contribution in [0.4, 0.5) is 0 Å². The molecule has 2 saturated carbocycles. The summed E-state index contributed by atoms with van der Waals surface area (Å²) >= 11 is 0. The largest absolute Gasteiger partial charge is 0.325 e. The molecule has 2 rings (SSSR count). The van der Waals surface area contributed by atoms with Gasteiger partial charge < -0.3 is 5.73 Å². The highest BCUT2D eigenvalue weighted by Crippen LogP contribution is 2.50. The molecule has 0 aromatic rings. The van der Waals surface area contributed by atoms with E-state index in [0.29, 0.717) is 0 Å². The lowest BCUT2D eigenvalue weighted by Gasteiger charge is -2.31. The fraction of sp³-hybridized carbons (Fsp3) is 1.00. The summed E-state index contributed by atoms with van der Waals surface area (Å²) in [6, 6.07) is 0. The van der Waals surface area contributed by atoms with Gasteiger partial charge in [-0.3, -0.25) is 0 Å². The maximum atomic E-state index is 6.34. The first-order valence-corrected chi connectivity index (χ1v) is 6.39. The molecule has 4 unspecified atom stereocenters. The lowest BCUT2D eigenvalue weighted by molar-refractivity contribution is 0.242. The molecule has 0 spiro atoms. The zero-order chi connectivity index (χ0) is 10.2. The van der Waals surface area contributed by atoms with Crippen molar-refractivity contribution < 1.29 is 0 Å². The molecule has 82 valence electrons. The third-order valence-corrected chi connectivity index (χ3v) is 4.43. The molecule has 0 amide bonds. The molecule has 0 aromatic heterocycles. The number of hydrogen-bond donors (Lipinski definition) is 1. The molecule has 14 heavy (non-hydrogen) atoms. The average molecular weight is 195 g/mol. The zero-order valence-electron chi connectivity index (χ0n) is 9.76. The van der Waals surface area contributed by atoms with Crippen molar-refractivity contribution in [3.05, 3.63) is 0 Å². The summed E-state index contributed by atoms with van der Waals surface area (Å²) in [6.07, 6.45) is 9.72. The van der Waals surface area contributed by atoms with E-state index in [0.717, 1.165) is 17.8 Å². The summed E-state index contributed by atoms with van der Waals surface area (Å²) in [5, 5.41) is 0. The van der Waals surface area contributed by atoms with E-state index in [9.17, 15) is 0 Å². The number of nitrogens with two attached hydrogens (primary N) is 1. The maximum Gasteiger partial charge on any atom is 0.0128 e. The van der Waals surface area contributed by atoms with Crippen LogP contribution in [-0.4, -0.2) is 5.54 Å². The third-order valence-electron chi connectivity index (χ3n) is 4.43. The molecule has 2 bridgehead atoms. The van der Waals surface area contributed by atoms with Gasteiger partial charge in [0.15, 0.2) is 0 Å². The van der Waals surface area contributed by atoms with Gasteiger partial charge in [-0.2, -0.15) is 0 Å². The predicted molar refractivity (Wildman–Crippen MR) is 61.1 cm³/mol. The molecule has 0 radical (unpaired) electrons. The van der Waals surface area contributed by atoms with Crippen molar-refractivity contribution in [2.24, 2.45) is 23.5 Å². The summed E-state index contributed by atoms with van der Waals surface area (Å²) in [5.41, 5.74) is 6.45. The van der Waals surface area contributed by atoms with Crippen molar-refractivity contribution in [1.82, 2.24) is 0 Å². The molecule has 0 heterocycles. The molecular weight excluding hydrogens is 170 g/mol. The Labute approximate surface area is 88.4 Å². The monoisotopic (exact) mass is 195 g/mol. The normalized spacial score (nSPS) is 40.1. The first-order valence-electron chi connectivity index (χ1n) is 6.39. The Balaban J connectivity index is 1.86. The van der Waals surface area contributed by atoms with Crippen LogP contribution in [-0.2, 0) is 0 Å². The van der Waals surface area contributed by atoms with Gasteiger partial charge >= 0.3 is 0 Å². The Hall–Kier alpha value is -0.0400. The van der Waals surface area contributed by atoms with Crippen LogP contribution in [0.5, 0.6) is 0 Å². The van der Waals surface area contributed by atoms with Gasteiger partial charge in [0.2, 0.25) is 0 Å². The van der Waals surface area contributed by atoms with Crippen molar-refractivity contribution in [3.63, 3.8) is 0 Å². The van der Waals surface area contributed by atoms with E-state index in [1.807, 2.05) is 0 Å². The smallest absolute Gasteiger partial charge is 0.0128 e. The standard InChI is InChI=1S/C13H25N/c1-3-6-13(2,14)9-12-8-10-4-5-11(12)7-10/h10-12H,3-9,14H2,1-2H3. The highest BCUT2D eigenvalue weighted by molar-refractivity contribution is 4.94. The van der Waals surface area contributed by atoms with Crippen LogP contribution in [0, 0.1) is 17.8 Å². The number of hydrogen-bond acceptors (Lipinski definition) is 1. The van der Waals surface area contributed by atoms with Crippen LogP contribution in [0.2, 0.25) is 0 Å². The first kappa shape index (κ1) is 10.5. The second kappa shape index (κ2) is 3.84. The summed E-state index contributed by atoms with van der Waals surface area (Å²) < 4.78 is 0. The summed E-state index contributed by atoms with van der Waals surface area (Å²) in [6.45, 7) is 4.49. The van der Waals surface area contributed by atoms with E-state index in [2.05, 4.69) is 13.8 Å². The van der Waals surface area contributed by atoms with Crippen LogP contribution in [0.1, 0.15) is 58.8 Å². The number of rotatable bonds is 4. The molecule has 4 atom stereocenters. The molecule has 2 N–H and O–H groups in total. The molecule has 0 aromatic carbocycles. The summed E-state index contributed by atoms with van der Waals surface area (Å²) in [4.78, 5) is 0. The highest BCUT2D eigenvalue weighted by Gasteiger charge is 2.41. The minimum atomic E-state index is 0.115. The Bertz CT molecular complexity index is 197. The fourth-order valence-corrected chi connectivity index (χ4v) is 3.90. The van der Waals surface area contributed by atoms with E-state index >= 15 is 0 Å². The molecule has 2 aliphatic carbocycles. The van der Waals surface area contributed by atoms with Crippen molar-refractivity contribution in [3.8, 4) is 0 Å². The van der Waals surface area contributed by atoms with Gasteiger partial charge in [0.25, 0.3) is 0 Å². The zero-order valence-corrected chi connectivity index (χ0v) is 9.76. The highest BCUT2D eigenvalue weighted by atomic mass is 14.7. The molecule has 1 nitrogen and oxygen atoms in total. The van der Waals surface area contributed by atoms with Crippen molar-refractivity contribution in [1.29, 1.82) is 0 Å². The average Bonchev–Trinajstić information content (AvgIpc) is 2.63. The minimum Gasteiger partial charge on any atom is -0.325 e. The van der Waals surface area contributed by atoms with E-state index in [1.54, 1.807) is 0 Å². The van der Waals surface area contributed by atoms with E-state index in [1.165, 1.54) is 44.9 Å². The SMILES string of the molecule is CCCC(C)(N)CC1CC2CCC1C2. The Kier molecular flexibility index (Phi) is 2.88. The first-order chi connectivity index (χ1) is 6.61. The lowest BCUT2D eigenvalue weighted by Crippen LogP contribution is -2.39. The topological polar surface area (TPSA) is 26.0 Å². The van der Waals surface area contributed by atoms with Gasteiger partial charge in [-0.1, -0.05) is 19.8 Å². The second-order valence-electron chi connectivity index (χ2n) is 6.04. The van der Waals surface area contributed by atoms with Gasteiger partial charge in [-0.25, -0.2) is 0 Å². The molecule has 0 aliphatic heterocycles. The van der Waals surface area contributed by atoms with Gasteiger partial charge in [-0.05, 0) is 56.8 Å². The molecule has 1 heteroatoms. The van der Waals surface area contributed by atoms with E-state index < -0.39 is 0 Å².